The zero-order valence-electron chi connectivity index (χ0n) is 17.6. The number of carbonyl (C=O) groups excluding carboxylic acids is 1. The van der Waals surface area contributed by atoms with Crippen molar-refractivity contribution in [2.45, 2.75) is 11.4 Å². The summed E-state index contributed by atoms with van der Waals surface area (Å²) in [6, 6.07) is 16.3. The number of nitrogens with one attached hydrogen (secondary N) is 1. The Morgan fingerprint density at radius 2 is 1.81 bits per heavy atom. The third-order valence-corrected chi connectivity index (χ3v) is 6.23. The van der Waals surface area contributed by atoms with Gasteiger partial charge in [0.25, 0.3) is 5.91 Å². The van der Waals surface area contributed by atoms with Crippen LogP contribution >= 0.6 is 0 Å². The van der Waals surface area contributed by atoms with E-state index >= 15 is 0 Å². The van der Waals surface area contributed by atoms with Crippen molar-refractivity contribution >= 4 is 22.1 Å². The molecule has 3 aromatic rings. The molecular formula is C22H23N3O6S. The van der Waals surface area contributed by atoms with Crippen molar-refractivity contribution in [2.75, 3.05) is 20.8 Å². The predicted octanol–water partition coefficient (Wildman–Crippen LogP) is 2.64. The molecule has 2 aromatic carbocycles. The van der Waals surface area contributed by atoms with Crippen LogP contribution in [0.1, 0.15) is 11.3 Å². The van der Waals surface area contributed by atoms with Crippen LogP contribution in [0.4, 0.5) is 0 Å². The van der Waals surface area contributed by atoms with E-state index < -0.39 is 22.5 Å². The smallest absolute Gasteiger partial charge is 0.255 e. The first-order valence-electron chi connectivity index (χ1n) is 9.55. The molecule has 0 bridgehead atoms. The molecule has 10 heteroatoms. The third kappa shape index (κ3) is 5.74. The van der Waals surface area contributed by atoms with Crippen molar-refractivity contribution in [3.8, 4) is 11.5 Å². The lowest BCUT2D eigenvalue weighted by atomic mass is 10.2. The molecule has 1 heterocycles. The molecule has 0 spiro atoms. The number of sulfonamides is 1. The van der Waals surface area contributed by atoms with Gasteiger partial charge in [0.1, 0.15) is 5.76 Å². The van der Waals surface area contributed by atoms with Crippen molar-refractivity contribution in [1.82, 2.24) is 9.73 Å². The first kappa shape index (κ1) is 23.0. The minimum atomic E-state index is -3.94. The highest BCUT2D eigenvalue weighted by atomic mass is 32.2. The zero-order valence-corrected chi connectivity index (χ0v) is 18.4. The van der Waals surface area contributed by atoms with E-state index in [-0.39, 0.29) is 11.4 Å². The molecule has 0 aliphatic carbocycles. The number of methoxy groups -OCH3 is 2. The molecule has 0 unspecified atom stereocenters. The molecule has 1 amide bonds. The number of amides is 1. The van der Waals surface area contributed by atoms with E-state index in [4.69, 9.17) is 13.9 Å². The van der Waals surface area contributed by atoms with Crippen LogP contribution in [0.2, 0.25) is 0 Å². The van der Waals surface area contributed by atoms with Crippen molar-refractivity contribution in [1.29, 1.82) is 0 Å². The van der Waals surface area contributed by atoms with Gasteiger partial charge < -0.3 is 13.9 Å². The van der Waals surface area contributed by atoms with Crippen LogP contribution in [-0.4, -0.2) is 45.6 Å². The average Bonchev–Trinajstić information content (AvgIpc) is 3.32. The Hall–Kier alpha value is -3.63. The second-order valence-electron chi connectivity index (χ2n) is 6.57. The van der Waals surface area contributed by atoms with Crippen molar-refractivity contribution < 1.29 is 27.1 Å². The molecule has 32 heavy (non-hydrogen) atoms. The Labute approximate surface area is 186 Å². The van der Waals surface area contributed by atoms with Crippen LogP contribution in [0, 0.1) is 0 Å². The van der Waals surface area contributed by atoms with Crippen LogP contribution in [-0.2, 0) is 21.4 Å². The lowest BCUT2D eigenvalue weighted by molar-refractivity contribution is -0.121. The maximum absolute atomic E-state index is 13.1. The summed E-state index contributed by atoms with van der Waals surface area (Å²) < 4.78 is 42.8. The van der Waals surface area contributed by atoms with E-state index in [9.17, 15) is 13.2 Å². The van der Waals surface area contributed by atoms with Gasteiger partial charge in [0.2, 0.25) is 10.0 Å². The number of ether oxygens (including phenoxy) is 2. The monoisotopic (exact) mass is 457 g/mol. The lowest BCUT2D eigenvalue weighted by Gasteiger charge is -2.20. The number of hydrogen-bond donors (Lipinski definition) is 1. The number of carbonyl (C=O) groups is 1. The molecule has 3 rings (SSSR count). The molecule has 0 fully saturated rings. The first-order chi connectivity index (χ1) is 15.4. The second kappa shape index (κ2) is 10.6. The summed E-state index contributed by atoms with van der Waals surface area (Å²) in [5.74, 6) is 0.883. The van der Waals surface area contributed by atoms with Gasteiger partial charge >= 0.3 is 0 Å². The molecule has 0 saturated carbocycles. The van der Waals surface area contributed by atoms with E-state index in [0.717, 1.165) is 4.31 Å². The van der Waals surface area contributed by atoms with Gasteiger partial charge in [-0.15, -0.1) is 0 Å². The van der Waals surface area contributed by atoms with E-state index in [2.05, 4.69) is 10.5 Å². The highest BCUT2D eigenvalue weighted by Crippen LogP contribution is 2.26. The van der Waals surface area contributed by atoms with Gasteiger partial charge in [-0.25, -0.2) is 13.8 Å². The van der Waals surface area contributed by atoms with E-state index in [1.807, 2.05) is 0 Å². The summed E-state index contributed by atoms with van der Waals surface area (Å²) in [4.78, 5) is 12.5. The molecule has 0 radical (unpaired) electrons. The second-order valence-corrected chi connectivity index (χ2v) is 8.51. The number of furan rings is 1. The number of hydrazone groups is 1. The van der Waals surface area contributed by atoms with Gasteiger partial charge in [0.15, 0.2) is 11.5 Å². The molecule has 0 aliphatic heterocycles. The van der Waals surface area contributed by atoms with Crippen molar-refractivity contribution in [2.24, 2.45) is 5.10 Å². The Balaban J connectivity index is 1.72. The minimum Gasteiger partial charge on any atom is -0.493 e. The van der Waals surface area contributed by atoms with Gasteiger partial charge in [-0.05, 0) is 48.0 Å². The maximum atomic E-state index is 13.1. The summed E-state index contributed by atoms with van der Waals surface area (Å²) in [5, 5.41) is 3.91. The van der Waals surface area contributed by atoms with Gasteiger partial charge in [0.05, 0.1) is 44.7 Å². The molecule has 0 saturated heterocycles. The highest BCUT2D eigenvalue weighted by Gasteiger charge is 2.27. The van der Waals surface area contributed by atoms with Crippen molar-refractivity contribution in [3.05, 3.63) is 78.3 Å². The minimum absolute atomic E-state index is 0.0770. The predicted molar refractivity (Wildman–Crippen MR) is 118 cm³/mol. The fourth-order valence-electron chi connectivity index (χ4n) is 2.85. The number of nitrogens with zero attached hydrogens (tertiary/aromatic N) is 2. The molecule has 1 N–H and O–H groups in total. The summed E-state index contributed by atoms with van der Waals surface area (Å²) in [5.41, 5.74) is 3.01. The molecule has 168 valence electrons. The fourth-order valence-corrected chi connectivity index (χ4v) is 4.23. The molecular weight excluding hydrogens is 434 g/mol. The Bertz CT molecular complexity index is 1160. The first-order valence-corrected chi connectivity index (χ1v) is 11.0. The number of hydrogen-bond acceptors (Lipinski definition) is 7. The molecule has 0 aliphatic rings. The number of rotatable bonds is 10. The molecule has 0 atom stereocenters. The van der Waals surface area contributed by atoms with E-state index in [1.54, 1.807) is 48.5 Å². The van der Waals surface area contributed by atoms with E-state index in [0.29, 0.717) is 22.8 Å². The van der Waals surface area contributed by atoms with E-state index in [1.165, 1.54) is 38.8 Å². The Morgan fingerprint density at radius 1 is 1.06 bits per heavy atom. The zero-order chi connectivity index (χ0) is 23.0. The Kier molecular flexibility index (Phi) is 7.63. The van der Waals surface area contributed by atoms with Gasteiger partial charge in [-0.3, -0.25) is 4.79 Å². The fraction of sp³-hybridized carbons (Fsp3) is 0.182. The summed E-state index contributed by atoms with van der Waals surface area (Å²) in [6.07, 6.45) is 2.86. The highest BCUT2D eigenvalue weighted by molar-refractivity contribution is 7.89. The van der Waals surface area contributed by atoms with Crippen LogP contribution in [0.5, 0.6) is 11.5 Å². The van der Waals surface area contributed by atoms with Crippen LogP contribution in [0.15, 0.2) is 81.3 Å². The normalized spacial score (nSPS) is 11.6. The summed E-state index contributed by atoms with van der Waals surface area (Å²) >= 11 is 0. The van der Waals surface area contributed by atoms with Gasteiger partial charge in [0, 0.05) is 0 Å². The van der Waals surface area contributed by atoms with Crippen LogP contribution in [0.25, 0.3) is 0 Å². The van der Waals surface area contributed by atoms with Crippen molar-refractivity contribution in [3.63, 3.8) is 0 Å². The standard InChI is InChI=1S/C22H23N3O6S/c1-29-20-11-10-17(13-21(20)30-2)14-23-24-22(26)16-25(15-18-7-6-12-31-18)32(27,28)19-8-4-3-5-9-19/h3-14H,15-16H2,1-2H3,(H,24,26)/b23-14+. The lowest BCUT2D eigenvalue weighted by Crippen LogP contribution is -2.38. The quantitative estimate of drug-likeness (QED) is 0.370. The SMILES string of the molecule is COc1ccc(/C=N/NC(=O)CN(Cc2ccco2)S(=O)(=O)c2ccccc2)cc1OC. The molecule has 1 aromatic heterocycles. The van der Waals surface area contributed by atoms with Crippen LogP contribution < -0.4 is 14.9 Å². The maximum Gasteiger partial charge on any atom is 0.255 e. The largest absolute Gasteiger partial charge is 0.493 e. The summed E-state index contributed by atoms with van der Waals surface area (Å²) in [7, 11) is -0.889. The van der Waals surface area contributed by atoms with Gasteiger partial charge in [-0.2, -0.15) is 9.41 Å². The number of benzene rings is 2. The molecule has 9 nitrogen and oxygen atoms in total. The Morgan fingerprint density at radius 3 is 2.47 bits per heavy atom. The summed E-state index contributed by atoms with van der Waals surface area (Å²) in [6.45, 7) is -0.543. The topological polar surface area (TPSA) is 110 Å². The average molecular weight is 458 g/mol. The third-order valence-electron chi connectivity index (χ3n) is 4.42. The van der Waals surface area contributed by atoms with Gasteiger partial charge in [-0.1, -0.05) is 18.2 Å². The van der Waals surface area contributed by atoms with Crippen LogP contribution in [0.3, 0.4) is 0 Å².